The summed E-state index contributed by atoms with van der Waals surface area (Å²) in [7, 11) is 0. The number of fused-ring (bicyclic) bond motifs is 1. The van der Waals surface area contributed by atoms with Gasteiger partial charge in [-0.2, -0.15) is 0 Å². The van der Waals surface area contributed by atoms with Crippen LogP contribution < -0.4 is 4.74 Å². The molecule has 1 saturated carbocycles. The van der Waals surface area contributed by atoms with Crippen LogP contribution in [0.15, 0.2) is 18.2 Å². The first kappa shape index (κ1) is 15.2. The van der Waals surface area contributed by atoms with Gasteiger partial charge in [0, 0.05) is 17.0 Å². The average molecular weight is 309 g/mol. The number of halogens is 1. The molecular formula is C18H25ClO2. The summed E-state index contributed by atoms with van der Waals surface area (Å²) in [4.78, 5) is 0. The van der Waals surface area contributed by atoms with Crippen molar-refractivity contribution in [2.75, 3.05) is 0 Å². The van der Waals surface area contributed by atoms with Crippen molar-refractivity contribution in [2.24, 2.45) is 10.8 Å². The molecule has 1 aliphatic heterocycles. The maximum Gasteiger partial charge on any atom is 0.126 e. The Kier molecular flexibility index (Phi) is 3.35. The normalized spacial score (nSPS) is 28.8. The van der Waals surface area contributed by atoms with Crippen LogP contribution >= 0.6 is 11.6 Å². The molecule has 1 heterocycles. The Balaban J connectivity index is 1.99. The molecule has 1 N–H and O–H groups in total. The molecule has 21 heavy (non-hydrogen) atoms. The zero-order valence-electron chi connectivity index (χ0n) is 13.4. The van der Waals surface area contributed by atoms with Gasteiger partial charge in [-0.15, -0.1) is 0 Å². The van der Waals surface area contributed by atoms with Crippen molar-refractivity contribution in [2.45, 2.75) is 65.1 Å². The highest BCUT2D eigenvalue weighted by Crippen LogP contribution is 2.56. The van der Waals surface area contributed by atoms with E-state index < -0.39 is 6.10 Å². The molecule has 2 nitrogen and oxygen atoms in total. The predicted octanol–water partition coefficient (Wildman–Crippen LogP) is 5.13. The Bertz CT molecular complexity index is 546. The van der Waals surface area contributed by atoms with Gasteiger partial charge >= 0.3 is 0 Å². The Morgan fingerprint density at radius 3 is 2.33 bits per heavy atom. The van der Waals surface area contributed by atoms with E-state index in [1.54, 1.807) is 0 Å². The van der Waals surface area contributed by atoms with E-state index in [0.717, 1.165) is 24.2 Å². The lowest BCUT2D eigenvalue weighted by atomic mass is 9.58. The van der Waals surface area contributed by atoms with Gasteiger partial charge in [0.05, 0.1) is 6.10 Å². The lowest BCUT2D eigenvalue weighted by molar-refractivity contribution is -0.104. The maximum atomic E-state index is 10.6. The third-order valence-corrected chi connectivity index (χ3v) is 5.02. The molecule has 1 fully saturated rings. The number of ether oxygens (including phenoxy) is 1. The van der Waals surface area contributed by atoms with Gasteiger partial charge in [0.2, 0.25) is 0 Å². The highest BCUT2D eigenvalue weighted by molar-refractivity contribution is 6.30. The van der Waals surface area contributed by atoms with Gasteiger partial charge in [-0.05, 0) is 48.3 Å². The highest BCUT2D eigenvalue weighted by Gasteiger charge is 2.51. The Morgan fingerprint density at radius 1 is 1.10 bits per heavy atom. The minimum Gasteiger partial charge on any atom is -0.487 e. The molecule has 1 spiro atoms. The molecule has 0 amide bonds. The average Bonchev–Trinajstić information content (AvgIpc) is 2.25. The molecule has 0 bridgehead atoms. The summed E-state index contributed by atoms with van der Waals surface area (Å²) >= 11 is 6.04. The molecule has 3 rings (SSSR count). The standard InChI is InChI=1S/C18H25ClO2/c1-16(2)9-17(3,4)11-18(10-16)8-14(20)13-7-12(19)5-6-15(13)21-18/h5-7,14,20H,8-11H2,1-4H3. The van der Waals surface area contributed by atoms with Gasteiger partial charge in [0.1, 0.15) is 11.4 Å². The Labute approximate surface area is 132 Å². The van der Waals surface area contributed by atoms with Gasteiger partial charge in [0.25, 0.3) is 0 Å². The van der Waals surface area contributed by atoms with Crippen LogP contribution in [0.3, 0.4) is 0 Å². The second-order valence-electron chi connectivity index (χ2n) is 8.55. The molecule has 3 heteroatoms. The summed E-state index contributed by atoms with van der Waals surface area (Å²) in [6, 6.07) is 5.56. The lowest BCUT2D eigenvalue weighted by Crippen LogP contribution is -2.52. The van der Waals surface area contributed by atoms with Crippen molar-refractivity contribution < 1.29 is 9.84 Å². The van der Waals surface area contributed by atoms with E-state index in [4.69, 9.17) is 16.3 Å². The SMILES string of the molecule is CC1(C)CC(C)(C)CC2(CC(O)c3cc(Cl)ccc3O2)C1. The first-order valence-corrected chi connectivity index (χ1v) is 8.14. The van der Waals surface area contributed by atoms with E-state index in [-0.39, 0.29) is 16.4 Å². The third-order valence-electron chi connectivity index (χ3n) is 4.78. The summed E-state index contributed by atoms with van der Waals surface area (Å²) in [5.41, 5.74) is 1.02. The Hall–Kier alpha value is -0.730. The summed E-state index contributed by atoms with van der Waals surface area (Å²) in [6.07, 6.45) is 3.34. The Morgan fingerprint density at radius 2 is 1.71 bits per heavy atom. The zero-order chi connectivity index (χ0) is 15.5. The first-order valence-electron chi connectivity index (χ1n) is 7.77. The summed E-state index contributed by atoms with van der Waals surface area (Å²) in [5.74, 6) is 0.798. The molecule has 116 valence electrons. The summed E-state index contributed by atoms with van der Waals surface area (Å²) in [6.45, 7) is 9.23. The van der Waals surface area contributed by atoms with Crippen LogP contribution in [0, 0.1) is 10.8 Å². The lowest BCUT2D eigenvalue weighted by Gasteiger charge is -2.54. The molecule has 1 atom stereocenters. The molecule has 2 aliphatic rings. The van der Waals surface area contributed by atoms with E-state index in [0.29, 0.717) is 11.4 Å². The zero-order valence-corrected chi connectivity index (χ0v) is 14.1. The van der Waals surface area contributed by atoms with Crippen LogP contribution in [0.25, 0.3) is 0 Å². The van der Waals surface area contributed by atoms with Crippen LogP contribution in [0.5, 0.6) is 5.75 Å². The molecule has 0 aromatic heterocycles. The second-order valence-corrected chi connectivity index (χ2v) is 8.98. The van der Waals surface area contributed by atoms with E-state index in [1.807, 2.05) is 18.2 Å². The molecule has 1 aromatic rings. The molecule has 0 saturated heterocycles. The summed E-state index contributed by atoms with van der Waals surface area (Å²) in [5, 5.41) is 11.3. The molecular weight excluding hydrogens is 284 g/mol. The number of aliphatic hydroxyl groups excluding tert-OH is 1. The van der Waals surface area contributed by atoms with Gasteiger partial charge in [0.15, 0.2) is 0 Å². The van der Waals surface area contributed by atoms with Gasteiger partial charge in [-0.3, -0.25) is 0 Å². The maximum absolute atomic E-state index is 10.6. The van der Waals surface area contributed by atoms with E-state index in [9.17, 15) is 5.11 Å². The predicted molar refractivity (Wildman–Crippen MR) is 85.8 cm³/mol. The summed E-state index contributed by atoms with van der Waals surface area (Å²) < 4.78 is 6.44. The van der Waals surface area contributed by atoms with Crippen LogP contribution in [0.2, 0.25) is 5.02 Å². The van der Waals surface area contributed by atoms with Crippen molar-refractivity contribution >= 4 is 11.6 Å². The number of benzene rings is 1. The second kappa shape index (κ2) is 4.63. The van der Waals surface area contributed by atoms with Crippen molar-refractivity contribution in [3.05, 3.63) is 28.8 Å². The van der Waals surface area contributed by atoms with Crippen molar-refractivity contribution in [3.8, 4) is 5.75 Å². The first-order chi connectivity index (χ1) is 9.60. The topological polar surface area (TPSA) is 29.5 Å². The molecule has 1 aromatic carbocycles. The van der Waals surface area contributed by atoms with E-state index >= 15 is 0 Å². The van der Waals surface area contributed by atoms with Crippen molar-refractivity contribution in [1.82, 2.24) is 0 Å². The quantitative estimate of drug-likeness (QED) is 0.720. The van der Waals surface area contributed by atoms with Gasteiger partial charge in [-0.25, -0.2) is 0 Å². The fourth-order valence-corrected chi connectivity index (χ4v) is 5.23. The van der Waals surface area contributed by atoms with Crippen LogP contribution in [0.4, 0.5) is 0 Å². The van der Waals surface area contributed by atoms with Crippen LogP contribution in [-0.4, -0.2) is 10.7 Å². The van der Waals surface area contributed by atoms with Gasteiger partial charge in [-0.1, -0.05) is 39.3 Å². The largest absolute Gasteiger partial charge is 0.487 e. The number of rotatable bonds is 0. The number of hydrogen-bond acceptors (Lipinski definition) is 2. The smallest absolute Gasteiger partial charge is 0.126 e. The molecule has 1 unspecified atom stereocenters. The van der Waals surface area contributed by atoms with Crippen molar-refractivity contribution in [3.63, 3.8) is 0 Å². The number of hydrogen-bond donors (Lipinski definition) is 1. The van der Waals surface area contributed by atoms with Crippen LogP contribution in [0.1, 0.15) is 65.0 Å². The van der Waals surface area contributed by atoms with E-state index in [2.05, 4.69) is 27.7 Å². The highest BCUT2D eigenvalue weighted by atomic mass is 35.5. The molecule has 0 radical (unpaired) electrons. The van der Waals surface area contributed by atoms with Gasteiger partial charge < -0.3 is 9.84 Å². The van der Waals surface area contributed by atoms with Crippen molar-refractivity contribution in [1.29, 1.82) is 0 Å². The minimum absolute atomic E-state index is 0.228. The fraction of sp³-hybridized carbons (Fsp3) is 0.667. The number of aliphatic hydroxyl groups is 1. The monoisotopic (exact) mass is 308 g/mol. The van der Waals surface area contributed by atoms with Crippen LogP contribution in [-0.2, 0) is 0 Å². The minimum atomic E-state index is -0.489. The fourth-order valence-electron chi connectivity index (χ4n) is 5.05. The van der Waals surface area contributed by atoms with E-state index in [1.165, 1.54) is 6.42 Å². The molecule has 1 aliphatic carbocycles. The third kappa shape index (κ3) is 2.93.